The molecule has 7 nitrogen and oxygen atoms in total. The summed E-state index contributed by atoms with van der Waals surface area (Å²) in [5.74, 6) is 0.577. The van der Waals surface area contributed by atoms with Crippen molar-refractivity contribution < 1.29 is 18.8 Å². The molecular weight excluding hydrogens is 262 g/mol. The second kappa shape index (κ2) is 6.21. The van der Waals surface area contributed by atoms with E-state index in [1.807, 2.05) is 20.8 Å². The van der Waals surface area contributed by atoms with Crippen LogP contribution in [0.5, 0.6) is 0 Å². The fraction of sp³-hybridized carbons (Fsp3) is 0.769. The minimum atomic E-state index is -0.486. The first-order valence-electron chi connectivity index (χ1n) is 6.79. The highest BCUT2D eigenvalue weighted by Crippen LogP contribution is 2.17. The first-order valence-corrected chi connectivity index (χ1v) is 6.79. The van der Waals surface area contributed by atoms with Gasteiger partial charge in [0.25, 0.3) is 0 Å². The maximum Gasteiger partial charge on any atom is 0.407 e. The lowest BCUT2D eigenvalue weighted by atomic mass is 10.0. The topological polar surface area (TPSA) is 86.5 Å². The second-order valence-corrected chi connectivity index (χ2v) is 5.91. The van der Waals surface area contributed by atoms with Crippen molar-refractivity contribution in [2.45, 2.75) is 57.8 Å². The molecule has 2 atom stereocenters. The van der Waals surface area contributed by atoms with Gasteiger partial charge in [0, 0.05) is 0 Å². The third-order valence-electron chi connectivity index (χ3n) is 2.90. The van der Waals surface area contributed by atoms with Gasteiger partial charge in [0.2, 0.25) is 5.89 Å². The van der Waals surface area contributed by atoms with E-state index in [2.05, 4.69) is 15.5 Å². The summed E-state index contributed by atoms with van der Waals surface area (Å²) < 4.78 is 15.9. The molecular formula is C13H21N3O4. The minimum absolute atomic E-state index is 0.0104. The molecule has 1 aromatic rings. The van der Waals surface area contributed by atoms with Crippen molar-refractivity contribution in [1.82, 2.24) is 15.5 Å². The van der Waals surface area contributed by atoms with Crippen LogP contribution in [0.25, 0.3) is 0 Å². The molecule has 0 spiro atoms. The number of carbonyl (C=O) groups is 1. The Bertz CT molecular complexity index is 419. The number of carbonyl (C=O) groups excluding carboxylic acids is 1. The lowest BCUT2D eigenvalue weighted by Crippen LogP contribution is -2.45. The summed E-state index contributed by atoms with van der Waals surface area (Å²) in [5, 5.41) is 6.38. The van der Waals surface area contributed by atoms with E-state index in [0.29, 0.717) is 18.9 Å². The molecule has 2 heterocycles. The number of nitrogens with one attached hydrogen (secondary N) is 1. The Kier molecular flexibility index (Phi) is 4.59. The molecule has 112 valence electrons. The van der Waals surface area contributed by atoms with Crippen molar-refractivity contribution in [3.8, 4) is 0 Å². The Labute approximate surface area is 118 Å². The first kappa shape index (κ1) is 14.8. The highest BCUT2D eigenvalue weighted by Gasteiger charge is 2.26. The molecule has 1 aromatic heterocycles. The lowest BCUT2D eigenvalue weighted by molar-refractivity contribution is -0.0106. The molecule has 1 aliphatic rings. The van der Waals surface area contributed by atoms with Gasteiger partial charge in [-0.05, 0) is 33.6 Å². The second-order valence-electron chi connectivity index (χ2n) is 5.91. The number of hydrogen-bond acceptors (Lipinski definition) is 6. The van der Waals surface area contributed by atoms with Gasteiger partial charge in [0.15, 0.2) is 6.33 Å². The summed E-state index contributed by atoms with van der Waals surface area (Å²) >= 11 is 0. The van der Waals surface area contributed by atoms with Gasteiger partial charge in [0.05, 0.1) is 25.2 Å². The molecule has 0 radical (unpaired) electrons. The van der Waals surface area contributed by atoms with E-state index in [1.54, 1.807) is 0 Å². The number of alkyl carbamates (subject to hydrolysis) is 1. The predicted octanol–water partition coefficient (Wildman–Crippen LogP) is 1.68. The third kappa shape index (κ3) is 4.80. The van der Waals surface area contributed by atoms with E-state index >= 15 is 0 Å². The maximum absolute atomic E-state index is 11.6. The van der Waals surface area contributed by atoms with E-state index in [4.69, 9.17) is 14.0 Å². The molecule has 0 aliphatic carbocycles. The molecule has 1 N–H and O–H groups in total. The molecule has 20 heavy (non-hydrogen) atoms. The van der Waals surface area contributed by atoms with Crippen molar-refractivity contribution >= 4 is 6.09 Å². The molecule has 1 aliphatic heterocycles. The SMILES string of the molecule is CC(C)(C)OC(=O)N[C@@H]1CC[C@@H](Cc2ncno2)OC1. The van der Waals surface area contributed by atoms with Gasteiger partial charge in [-0.2, -0.15) is 4.98 Å². The zero-order valence-electron chi connectivity index (χ0n) is 12.1. The summed E-state index contributed by atoms with van der Waals surface area (Å²) in [6, 6.07) is -0.0104. The van der Waals surface area contributed by atoms with Crippen molar-refractivity contribution in [1.29, 1.82) is 0 Å². The van der Waals surface area contributed by atoms with Crippen LogP contribution >= 0.6 is 0 Å². The summed E-state index contributed by atoms with van der Waals surface area (Å²) in [6.45, 7) is 5.98. The van der Waals surface area contributed by atoms with Gasteiger partial charge < -0.3 is 19.3 Å². The quantitative estimate of drug-likeness (QED) is 0.908. The Morgan fingerprint density at radius 3 is 2.85 bits per heavy atom. The monoisotopic (exact) mass is 283 g/mol. The van der Waals surface area contributed by atoms with Crippen LogP contribution in [0.4, 0.5) is 4.79 Å². The zero-order valence-corrected chi connectivity index (χ0v) is 12.1. The van der Waals surface area contributed by atoms with Crippen LogP contribution in [-0.2, 0) is 15.9 Å². The van der Waals surface area contributed by atoms with Crippen LogP contribution in [0, 0.1) is 0 Å². The molecule has 0 saturated carbocycles. The Morgan fingerprint density at radius 2 is 2.30 bits per heavy atom. The summed E-state index contributed by atoms with van der Waals surface area (Å²) in [5.41, 5.74) is -0.486. The van der Waals surface area contributed by atoms with Crippen LogP contribution in [0.1, 0.15) is 39.5 Å². The highest BCUT2D eigenvalue weighted by atomic mass is 16.6. The van der Waals surface area contributed by atoms with Gasteiger partial charge in [-0.25, -0.2) is 4.79 Å². The molecule has 0 aromatic carbocycles. The lowest BCUT2D eigenvalue weighted by Gasteiger charge is -2.29. The Balaban J connectivity index is 1.70. The van der Waals surface area contributed by atoms with Crippen molar-refractivity contribution in [2.24, 2.45) is 0 Å². The van der Waals surface area contributed by atoms with Crippen LogP contribution in [-0.4, -0.2) is 40.6 Å². The number of aromatic nitrogens is 2. The Hall–Kier alpha value is -1.63. The molecule has 7 heteroatoms. The van der Waals surface area contributed by atoms with Crippen molar-refractivity contribution in [3.05, 3.63) is 12.2 Å². The molecule has 0 bridgehead atoms. The van der Waals surface area contributed by atoms with Crippen LogP contribution in [0.15, 0.2) is 10.9 Å². The van der Waals surface area contributed by atoms with E-state index in [1.165, 1.54) is 6.33 Å². The zero-order chi connectivity index (χ0) is 14.6. The number of ether oxygens (including phenoxy) is 2. The van der Waals surface area contributed by atoms with Gasteiger partial charge in [-0.3, -0.25) is 0 Å². The minimum Gasteiger partial charge on any atom is -0.444 e. The van der Waals surface area contributed by atoms with E-state index < -0.39 is 11.7 Å². The molecule has 1 amide bonds. The van der Waals surface area contributed by atoms with E-state index in [-0.39, 0.29) is 12.1 Å². The van der Waals surface area contributed by atoms with Gasteiger partial charge >= 0.3 is 6.09 Å². The van der Waals surface area contributed by atoms with E-state index in [9.17, 15) is 4.79 Å². The predicted molar refractivity (Wildman–Crippen MR) is 70.1 cm³/mol. The van der Waals surface area contributed by atoms with Crippen LogP contribution in [0.2, 0.25) is 0 Å². The molecule has 0 unspecified atom stereocenters. The van der Waals surface area contributed by atoms with Gasteiger partial charge in [-0.1, -0.05) is 5.16 Å². The Morgan fingerprint density at radius 1 is 1.50 bits per heavy atom. The standard InChI is InChI=1S/C13H21N3O4/c1-13(2,3)19-12(17)16-9-4-5-10(18-7-9)6-11-14-8-15-20-11/h8-10H,4-7H2,1-3H3,(H,16,17)/t9-,10+/m1/s1. The molecule has 1 saturated heterocycles. The van der Waals surface area contributed by atoms with E-state index in [0.717, 1.165) is 12.8 Å². The van der Waals surface area contributed by atoms with Crippen molar-refractivity contribution in [3.63, 3.8) is 0 Å². The smallest absolute Gasteiger partial charge is 0.407 e. The number of hydrogen-bond donors (Lipinski definition) is 1. The number of rotatable bonds is 3. The largest absolute Gasteiger partial charge is 0.444 e. The van der Waals surface area contributed by atoms with Gasteiger partial charge in [-0.15, -0.1) is 0 Å². The number of nitrogens with zero attached hydrogens (tertiary/aromatic N) is 2. The van der Waals surface area contributed by atoms with Crippen LogP contribution in [0.3, 0.4) is 0 Å². The fourth-order valence-corrected chi connectivity index (χ4v) is 2.04. The summed E-state index contributed by atoms with van der Waals surface area (Å²) in [7, 11) is 0. The van der Waals surface area contributed by atoms with Crippen molar-refractivity contribution in [2.75, 3.05) is 6.61 Å². The first-order chi connectivity index (χ1) is 9.42. The third-order valence-corrected chi connectivity index (χ3v) is 2.90. The molecule has 1 fully saturated rings. The average Bonchev–Trinajstić information content (AvgIpc) is 2.82. The van der Waals surface area contributed by atoms with Crippen LogP contribution < -0.4 is 5.32 Å². The summed E-state index contributed by atoms with van der Waals surface area (Å²) in [6.07, 6.45) is 3.33. The highest BCUT2D eigenvalue weighted by molar-refractivity contribution is 5.68. The summed E-state index contributed by atoms with van der Waals surface area (Å²) in [4.78, 5) is 15.6. The normalized spacial score (nSPS) is 23.4. The average molecular weight is 283 g/mol. The fourth-order valence-electron chi connectivity index (χ4n) is 2.04. The molecule has 2 rings (SSSR count). The number of amides is 1. The maximum atomic E-state index is 11.6. The van der Waals surface area contributed by atoms with Gasteiger partial charge in [0.1, 0.15) is 5.60 Å².